The van der Waals surface area contributed by atoms with E-state index in [2.05, 4.69) is 30.9 Å². The third kappa shape index (κ3) is 3.72. The predicted octanol–water partition coefficient (Wildman–Crippen LogP) is 1.98. The lowest BCUT2D eigenvalue weighted by atomic mass is 10.3. The Morgan fingerprint density at radius 2 is 2.12 bits per heavy atom. The second kappa shape index (κ2) is 7.08. The fourth-order valence-corrected chi connectivity index (χ4v) is 2.41. The summed E-state index contributed by atoms with van der Waals surface area (Å²) in [6.07, 6.45) is 0. The highest BCUT2D eigenvalue weighted by Crippen LogP contribution is 2.27. The summed E-state index contributed by atoms with van der Waals surface area (Å²) in [5.41, 5.74) is 14.0. The molecule has 1 unspecified atom stereocenters. The molecule has 25 heavy (non-hydrogen) atoms. The van der Waals surface area contributed by atoms with Crippen LogP contribution in [0.25, 0.3) is 11.2 Å². The van der Waals surface area contributed by atoms with Crippen molar-refractivity contribution >= 4 is 45.9 Å². The maximum absolute atomic E-state index is 6.08. The van der Waals surface area contributed by atoms with Crippen molar-refractivity contribution in [2.45, 2.75) is 26.4 Å². The lowest BCUT2D eigenvalue weighted by molar-refractivity contribution is 0.641. The van der Waals surface area contributed by atoms with Crippen LogP contribution in [0.5, 0.6) is 0 Å². The summed E-state index contributed by atoms with van der Waals surface area (Å²) in [4.78, 5) is 8.97. The van der Waals surface area contributed by atoms with E-state index in [-0.39, 0.29) is 6.04 Å². The minimum Gasteiger partial charge on any atom is -0.398 e. The van der Waals surface area contributed by atoms with Gasteiger partial charge >= 0.3 is 0 Å². The summed E-state index contributed by atoms with van der Waals surface area (Å²) >= 11 is 6.08. The van der Waals surface area contributed by atoms with E-state index in [9.17, 15) is 0 Å². The molecule has 10 heteroatoms. The molecule has 0 aliphatic rings. The Morgan fingerprint density at radius 3 is 2.80 bits per heavy atom. The monoisotopic (exact) mass is 361 g/mol. The molecule has 0 amide bonds. The summed E-state index contributed by atoms with van der Waals surface area (Å²) < 4.78 is 1.70. The first kappa shape index (κ1) is 17.2. The number of nitrogens with two attached hydrogens (primary N) is 2. The van der Waals surface area contributed by atoms with Crippen LogP contribution in [0, 0.1) is 0 Å². The van der Waals surface area contributed by atoms with Crippen LogP contribution in [0.1, 0.15) is 13.8 Å². The van der Waals surface area contributed by atoms with Crippen molar-refractivity contribution in [2.75, 3.05) is 22.9 Å². The van der Waals surface area contributed by atoms with Gasteiger partial charge in [0.25, 0.3) is 0 Å². The van der Waals surface area contributed by atoms with E-state index in [1.807, 2.05) is 19.9 Å². The smallest absolute Gasteiger partial charge is 0.226 e. The fourth-order valence-electron chi connectivity index (χ4n) is 2.23. The molecule has 3 aromatic rings. The average Bonchev–Trinajstić information content (AvgIpc) is 2.99. The van der Waals surface area contributed by atoms with Gasteiger partial charge in [0.2, 0.25) is 5.95 Å². The number of nitrogens with zero attached hydrogens (tertiary/aromatic N) is 5. The molecule has 0 radical (unpaired) electrons. The largest absolute Gasteiger partial charge is 0.398 e. The molecule has 3 rings (SSSR count). The Kier molecular flexibility index (Phi) is 4.86. The van der Waals surface area contributed by atoms with E-state index in [1.54, 1.807) is 16.8 Å². The first-order valence-corrected chi connectivity index (χ1v) is 8.28. The molecule has 2 aromatic heterocycles. The lowest BCUT2D eigenvalue weighted by Crippen LogP contribution is -2.26. The number of aryl methyl sites for hydroxylation is 1. The van der Waals surface area contributed by atoms with Gasteiger partial charge in [-0.1, -0.05) is 16.8 Å². The molecule has 0 saturated heterocycles. The second-order valence-corrected chi connectivity index (χ2v) is 6.10. The first-order valence-electron chi connectivity index (χ1n) is 7.90. The lowest BCUT2D eigenvalue weighted by Gasteiger charge is -2.11. The van der Waals surface area contributed by atoms with Gasteiger partial charge in [0.15, 0.2) is 17.0 Å². The van der Waals surface area contributed by atoms with Crippen LogP contribution < -0.4 is 22.1 Å². The quantitative estimate of drug-likeness (QED) is 0.490. The molecule has 0 saturated carbocycles. The third-order valence-corrected chi connectivity index (χ3v) is 3.83. The minimum absolute atomic E-state index is 0.0270. The molecule has 1 aromatic carbocycles. The molecule has 132 valence electrons. The van der Waals surface area contributed by atoms with E-state index in [4.69, 9.17) is 23.1 Å². The zero-order chi connectivity index (χ0) is 18.0. The van der Waals surface area contributed by atoms with E-state index in [0.29, 0.717) is 46.7 Å². The maximum Gasteiger partial charge on any atom is 0.226 e. The zero-order valence-corrected chi connectivity index (χ0v) is 14.7. The van der Waals surface area contributed by atoms with Crippen molar-refractivity contribution in [3.63, 3.8) is 0 Å². The Balaban J connectivity index is 2.02. The van der Waals surface area contributed by atoms with Crippen molar-refractivity contribution in [3.05, 3.63) is 23.2 Å². The number of fused-ring (bicyclic) bond motifs is 1. The van der Waals surface area contributed by atoms with Crippen molar-refractivity contribution in [3.8, 4) is 0 Å². The summed E-state index contributed by atoms with van der Waals surface area (Å²) in [6, 6.07) is 5.24. The van der Waals surface area contributed by atoms with Gasteiger partial charge in [-0.2, -0.15) is 9.97 Å². The number of rotatable bonds is 6. The van der Waals surface area contributed by atoms with Crippen molar-refractivity contribution in [2.24, 2.45) is 5.73 Å². The van der Waals surface area contributed by atoms with Crippen molar-refractivity contribution in [1.29, 1.82) is 0 Å². The number of nitrogen functional groups attached to an aromatic ring is 1. The molecule has 9 nitrogen and oxygen atoms in total. The molecule has 1 atom stereocenters. The highest BCUT2D eigenvalue weighted by atomic mass is 35.5. The van der Waals surface area contributed by atoms with Crippen LogP contribution in [0.4, 0.5) is 23.1 Å². The molecule has 6 N–H and O–H groups in total. The summed E-state index contributed by atoms with van der Waals surface area (Å²) in [5, 5.41) is 15.1. The van der Waals surface area contributed by atoms with Gasteiger partial charge in [-0.25, -0.2) is 4.68 Å². The van der Waals surface area contributed by atoms with Crippen LogP contribution in [0.15, 0.2) is 18.2 Å². The molecular formula is C15H20ClN9. The molecule has 0 bridgehead atoms. The summed E-state index contributed by atoms with van der Waals surface area (Å²) in [5.74, 6) is 0.976. The van der Waals surface area contributed by atoms with E-state index in [1.165, 1.54) is 0 Å². The molecule has 0 aliphatic heterocycles. The van der Waals surface area contributed by atoms with Gasteiger partial charge in [0.05, 0.1) is 10.7 Å². The predicted molar refractivity (Wildman–Crippen MR) is 100 cm³/mol. The number of hydrogen-bond donors (Lipinski definition) is 4. The van der Waals surface area contributed by atoms with Crippen LogP contribution in [-0.4, -0.2) is 37.5 Å². The second-order valence-electron chi connectivity index (χ2n) is 5.69. The van der Waals surface area contributed by atoms with Crippen molar-refractivity contribution < 1.29 is 0 Å². The number of anilines is 4. The van der Waals surface area contributed by atoms with E-state index in [0.717, 1.165) is 5.69 Å². The number of nitrogens with one attached hydrogen (secondary N) is 2. The van der Waals surface area contributed by atoms with Gasteiger partial charge in [-0.3, -0.25) is 0 Å². The maximum atomic E-state index is 6.08. The standard InChI is InChI=1S/C15H20ClN9/c1-3-25-14-12(23-24-25)13(21-15(22-14)19-7-8(2)17)20-9-4-5-11(18)10(16)6-9/h4-6,8H,3,7,17-18H2,1-2H3,(H2,19,20,21,22). The Bertz CT molecular complexity index is 890. The van der Waals surface area contributed by atoms with Crippen LogP contribution in [-0.2, 0) is 6.54 Å². The van der Waals surface area contributed by atoms with Gasteiger partial charge in [0.1, 0.15) is 0 Å². The summed E-state index contributed by atoms with van der Waals surface area (Å²) in [7, 11) is 0. The number of aromatic nitrogens is 5. The molecule has 0 aliphatic carbocycles. The highest BCUT2D eigenvalue weighted by molar-refractivity contribution is 6.33. The van der Waals surface area contributed by atoms with Gasteiger partial charge in [-0.05, 0) is 32.0 Å². The van der Waals surface area contributed by atoms with Crippen LogP contribution in [0.2, 0.25) is 5.02 Å². The van der Waals surface area contributed by atoms with Gasteiger partial charge in [-0.15, -0.1) is 5.10 Å². The van der Waals surface area contributed by atoms with E-state index < -0.39 is 0 Å². The summed E-state index contributed by atoms with van der Waals surface area (Å²) in [6.45, 7) is 5.07. The third-order valence-electron chi connectivity index (χ3n) is 3.51. The van der Waals surface area contributed by atoms with E-state index >= 15 is 0 Å². The normalized spacial score (nSPS) is 12.3. The van der Waals surface area contributed by atoms with Crippen LogP contribution in [0.3, 0.4) is 0 Å². The SMILES string of the molecule is CCn1nnc2c(Nc3ccc(N)c(Cl)c3)nc(NCC(C)N)nc21. The minimum atomic E-state index is -0.0270. The fraction of sp³-hybridized carbons (Fsp3) is 0.333. The van der Waals surface area contributed by atoms with Gasteiger partial charge < -0.3 is 22.1 Å². The first-order chi connectivity index (χ1) is 12.0. The number of benzene rings is 1. The molecule has 0 fully saturated rings. The Morgan fingerprint density at radius 1 is 1.32 bits per heavy atom. The van der Waals surface area contributed by atoms with Gasteiger partial charge in [0, 0.05) is 24.8 Å². The molecule has 2 heterocycles. The molecule has 0 spiro atoms. The van der Waals surface area contributed by atoms with Crippen LogP contribution >= 0.6 is 11.6 Å². The highest BCUT2D eigenvalue weighted by Gasteiger charge is 2.15. The zero-order valence-electron chi connectivity index (χ0n) is 14.0. The Labute approximate surface area is 149 Å². The number of halogens is 1. The topological polar surface area (TPSA) is 133 Å². The average molecular weight is 362 g/mol. The number of hydrogen-bond acceptors (Lipinski definition) is 8. The molecular weight excluding hydrogens is 342 g/mol. The van der Waals surface area contributed by atoms with Crippen molar-refractivity contribution in [1.82, 2.24) is 25.0 Å². The Hall–Kier alpha value is -2.65.